The van der Waals surface area contributed by atoms with Gasteiger partial charge in [-0.05, 0) is 42.2 Å². The summed E-state index contributed by atoms with van der Waals surface area (Å²) in [6, 6.07) is 18.7. The molecule has 1 nitrogen and oxygen atoms in total. The van der Waals surface area contributed by atoms with Gasteiger partial charge >= 0.3 is 0 Å². The van der Waals surface area contributed by atoms with Crippen LogP contribution >= 0.6 is 23.1 Å². The number of hydrogen-bond donors (Lipinski definition) is 0. The molecule has 0 fully saturated rings. The van der Waals surface area contributed by atoms with Gasteiger partial charge in [0.25, 0.3) is 0 Å². The smallest absolute Gasteiger partial charge is 0.118 e. The number of rotatable bonds is 3. The molecule has 0 aliphatic carbocycles. The zero-order valence-corrected chi connectivity index (χ0v) is 12.2. The van der Waals surface area contributed by atoms with Gasteiger partial charge < -0.3 is 0 Å². The minimum atomic E-state index is 1.07. The number of benzene rings is 2. The molecule has 1 aromatic heterocycles. The van der Waals surface area contributed by atoms with Crippen molar-refractivity contribution in [1.82, 2.24) is 4.98 Å². The van der Waals surface area contributed by atoms with E-state index in [2.05, 4.69) is 60.4 Å². The van der Waals surface area contributed by atoms with Crippen molar-refractivity contribution in [2.45, 2.75) is 11.8 Å². The van der Waals surface area contributed by atoms with Crippen LogP contribution in [0.25, 0.3) is 16.3 Å². The molecule has 19 heavy (non-hydrogen) atoms. The maximum absolute atomic E-state index is 4.62. The highest BCUT2D eigenvalue weighted by molar-refractivity contribution is 8.03. The molecule has 0 N–H and O–H groups in total. The fourth-order valence-corrected chi connectivity index (χ4v) is 3.71. The molecule has 0 aliphatic heterocycles. The largest absolute Gasteiger partial charge is 0.237 e. The van der Waals surface area contributed by atoms with Crippen molar-refractivity contribution >= 4 is 39.4 Å². The monoisotopic (exact) mass is 283 g/mol. The predicted molar refractivity (Wildman–Crippen MR) is 85.6 cm³/mol. The highest BCUT2D eigenvalue weighted by Gasteiger charge is 2.01. The second-order valence-electron chi connectivity index (χ2n) is 4.19. The van der Waals surface area contributed by atoms with Gasteiger partial charge in [-0.2, -0.15) is 0 Å². The van der Waals surface area contributed by atoms with Gasteiger partial charge in [0.15, 0.2) is 0 Å². The second-order valence-corrected chi connectivity index (χ2v) is 6.57. The van der Waals surface area contributed by atoms with Gasteiger partial charge in [-0.15, -0.1) is 11.3 Å². The average Bonchev–Trinajstić information content (AvgIpc) is 2.81. The van der Waals surface area contributed by atoms with Crippen molar-refractivity contribution in [1.29, 1.82) is 0 Å². The number of thiazole rings is 1. The van der Waals surface area contributed by atoms with E-state index in [0.717, 1.165) is 10.5 Å². The summed E-state index contributed by atoms with van der Waals surface area (Å²) in [7, 11) is 0. The number of allylic oxidation sites excluding steroid dienone is 1. The maximum atomic E-state index is 4.62. The standard InChI is InChI=1S/C16H13NS2/c1-12(18-13-7-3-2-4-8-13)11-16-17-14-9-5-6-10-15(14)19-16/h2-11H,1H3. The van der Waals surface area contributed by atoms with Crippen LogP contribution in [0.2, 0.25) is 0 Å². The normalized spacial score (nSPS) is 11.9. The molecule has 94 valence electrons. The number of fused-ring (bicyclic) bond motifs is 1. The zero-order chi connectivity index (χ0) is 13.1. The van der Waals surface area contributed by atoms with Crippen LogP contribution < -0.4 is 0 Å². The summed E-state index contributed by atoms with van der Waals surface area (Å²) in [5.41, 5.74) is 1.08. The summed E-state index contributed by atoms with van der Waals surface area (Å²) in [6.07, 6.45) is 2.16. The molecule has 3 heteroatoms. The van der Waals surface area contributed by atoms with Gasteiger partial charge in [-0.3, -0.25) is 0 Å². The third-order valence-corrected chi connectivity index (χ3v) is 4.59. The SMILES string of the molecule is CC(=Cc1nc2ccccc2s1)Sc1ccccc1. The number of para-hydroxylation sites is 1. The molecule has 2 aromatic carbocycles. The molecule has 0 unspecified atom stereocenters. The Morgan fingerprint density at radius 3 is 2.58 bits per heavy atom. The quantitative estimate of drug-likeness (QED) is 0.593. The molecule has 0 bridgehead atoms. The van der Waals surface area contributed by atoms with E-state index in [4.69, 9.17) is 0 Å². The molecule has 0 amide bonds. The van der Waals surface area contributed by atoms with Crippen molar-refractivity contribution in [3.8, 4) is 0 Å². The molecule has 3 aromatic rings. The van der Waals surface area contributed by atoms with Crippen LogP contribution in [0, 0.1) is 0 Å². The van der Waals surface area contributed by atoms with Crippen molar-refractivity contribution < 1.29 is 0 Å². The number of thioether (sulfide) groups is 1. The van der Waals surface area contributed by atoms with Crippen molar-refractivity contribution in [3.63, 3.8) is 0 Å². The maximum Gasteiger partial charge on any atom is 0.118 e. The van der Waals surface area contributed by atoms with E-state index in [1.807, 2.05) is 12.1 Å². The van der Waals surface area contributed by atoms with Crippen LogP contribution in [-0.2, 0) is 0 Å². The summed E-state index contributed by atoms with van der Waals surface area (Å²) in [4.78, 5) is 7.14. The Morgan fingerprint density at radius 2 is 1.79 bits per heavy atom. The van der Waals surface area contributed by atoms with E-state index in [1.165, 1.54) is 14.5 Å². The van der Waals surface area contributed by atoms with Gasteiger partial charge in [-0.25, -0.2) is 4.98 Å². The number of nitrogens with zero attached hydrogens (tertiary/aromatic N) is 1. The first-order chi connectivity index (χ1) is 9.31. The molecule has 0 saturated heterocycles. The fourth-order valence-electron chi connectivity index (χ4n) is 1.83. The number of aromatic nitrogens is 1. The van der Waals surface area contributed by atoms with Crippen LogP contribution in [0.3, 0.4) is 0 Å². The first-order valence-corrected chi connectivity index (χ1v) is 7.71. The summed E-state index contributed by atoms with van der Waals surface area (Å²) < 4.78 is 1.24. The molecular formula is C16H13NS2. The lowest BCUT2D eigenvalue weighted by Crippen LogP contribution is -1.73. The first kappa shape index (κ1) is 12.5. The minimum Gasteiger partial charge on any atom is -0.237 e. The molecule has 3 rings (SSSR count). The third kappa shape index (κ3) is 3.06. The van der Waals surface area contributed by atoms with E-state index >= 15 is 0 Å². The number of hydrogen-bond acceptors (Lipinski definition) is 3. The van der Waals surface area contributed by atoms with Gasteiger partial charge in [-0.1, -0.05) is 42.1 Å². The Hall–Kier alpha value is -1.58. The summed E-state index contributed by atoms with van der Waals surface area (Å²) in [5, 5.41) is 1.07. The van der Waals surface area contributed by atoms with Crippen LogP contribution in [0.15, 0.2) is 64.4 Å². The topological polar surface area (TPSA) is 12.9 Å². The highest BCUT2D eigenvalue weighted by atomic mass is 32.2. The molecule has 0 radical (unpaired) electrons. The van der Waals surface area contributed by atoms with Gasteiger partial charge in [0.2, 0.25) is 0 Å². The Bertz CT molecular complexity index is 681. The fraction of sp³-hybridized carbons (Fsp3) is 0.0625. The van der Waals surface area contributed by atoms with Gasteiger partial charge in [0.1, 0.15) is 5.01 Å². The van der Waals surface area contributed by atoms with E-state index < -0.39 is 0 Å². The van der Waals surface area contributed by atoms with E-state index in [9.17, 15) is 0 Å². The Balaban J connectivity index is 1.84. The Kier molecular flexibility index (Phi) is 3.67. The molecule has 0 aliphatic rings. The Morgan fingerprint density at radius 1 is 1.05 bits per heavy atom. The molecule has 0 atom stereocenters. The van der Waals surface area contributed by atoms with Crippen LogP contribution in [0.1, 0.15) is 11.9 Å². The van der Waals surface area contributed by atoms with Crippen LogP contribution in [-0.4, -0.2) is 4.98 Å². The minimum absolute atomic E-state index is 1.07. The molecule has 0 spiro atoms. The van der Waals surface area contributed by atoms with Crippen molar-refractivity contribution in [3.05, 3.63) is 64.5 Å². The summed E-state index contributed by atoms with van der Waals surface area (Å²) >= 11 is 3.51. The van der Waals surface area contributed by atoms with Crippen molar-refractivity contribution in [2.24, 2.45) is 0 Å². The van der Waals surface area contributed by atoms with Gasteiger partial charge in [0, 0.05) is 4.90 Å². The van der Waals surface area contributed by atoms with E-state index in [0.29, 0.717) is 0 Å². The molecule has 0 saturated carbocycles. The lowest BCUT2D eigenvalue weighted by Gasteiger charge is -1.99. The molecular weight excluding hydrogens is 270 g/mol. The summed E-state index contributed by atoms with van der Waals surface area (Å²) in [5.74, 6) is 0. The Labute approximate surface area is 121 Å². The zero-order valence-electron chi connectivity index (χ0n) is 10.5. The summed E-state index contributed by atoms with van der Waals surface area (Å²) in [6.45, 7) is 2.13. The second kappa shape index (κ2) is 5.59. The molecule has 1 heterocycles. The van der Waals surface area contributed by atoms with E-state index in [1.54, 1.807) is 23.1 Å². The predicted octanol–water partition coefficient (Wildman–Crippen LogP) is 5.45. The third-order valence-electron chi connectivity index (χ3n) is 2.66. The van der Waals surface area contributed by atoms with Crippen molar-refractivity contribution in [2.75, 3.05) is 0 Å². The van der Waals surface area contributed by atoms with Gasteiger partial charge in [0.05, 0.1) is 10.2 Å². The lowest BCUT2D eigenvalue weighted by molar-refractivity contribution is 1.45. The van der Waals surface area contributed by atoms with Crippen LogP contribution in [0.5, 0.6) is 0 Å². The highest BCUT2D eigenvalue weighted by Crippen LogP contribution is 2.29. The lowest BCUT2D eigenvalue weighted by atomic mass is 10.3. The van der Waals surface area contributed by atoms with E-state index in [-0.39, 0.29) is 0 Å². The average molecular weight is 283 g/mol. The van der Waals surface area contributed by atoms with Crippen LogP contribution in [0.4, 0.5) is 0 Å². The first-order valence-electron chi connectivity index (χ1n) is 6.08.